The van der Waals surface area contributed by atoms with Gasteiger partial charge in [0, 0.05) is 24.5 Å². The van der Waals surface area contributed by atoms with Crippen LogP contribution in [0.15, 0.2) is 52.3 Å². The molecule has 156 valence electrons. The monoisotopic (exact) mass is 442 g/mol. The molecule has 2 aromatic carbocycles. The number of morpholine rings is 1. The second kappa shape index (κ2) is 9.66. The normalized spacial score (nSPS) is 15.2. The summed E-state index contributed by atoms with van der Waals surface area (Å²) in [5.74, 6) is -2.28. The zero-order chi connectivity index (χ0) is 20.9. The number of hydrogen-bond acceptors (Lipinski definition) is 5. The van der Waals surface area contributed by atoms with Crippen LogP contribution in [-0.2, 0) is 26.1 Å². The first-order valence-corrected chi connectivity index (χ1v) is 11.3. The van der Waals surface area contributed by atoms with E-state index in [-0.39, 0.29) is 36.2 Å². The predicted octanol–water partition coefficient (Wildman–Crippen LogP) is 2.39. The second-order valence-corrected chi connectivity index (χ2v) is 9.22. The molecule has 1 aliphatic rings. The number of hydrogen-bond donors (Lipinski definition) is 1. The lowest BCUT2D eigenvalue weighted by Crippen LogP contribution is -2.41. The van der Waals surface area contributed by atoms with Gasteiger partial charge in [-0.2, -0.15) is 4.31 Å². The van der Waals surface area contributed by atoms with Crippen LogP contribution >= 0.6 is 11.8 Å². The van der Waals surface area contributed by atoms with Crippen LogP contribution in [0.4, 0.5) is 8.78 Å². The Bertz CT molecular complexity index is 980. The number of thioether (sulfide) groups is 1. The third-order valence-electron chi connectivity index (χ3n) is 4.30. The van der Waals surface area contributed by atoms with Crippen molar-refractivity contribution in [2.45, 2.75) is 16.3 Å². The fourth-order valence-corrected chi connectivity index (χ4v) is 5.17. The summed E-state index contributed by atoms with van der Waals surface area (Å²) in [5, 5.41) is 2.68. The number of rotatable bonds is 7. The summed E-state index contributed by atoms with van der Waals surface area (Å²) in [4.78, 5) is 12.7. The standard InChI is InChI=1S/C19H20F2N2O4S2/c20-16-6-5-15(11-17(16)21)28-13-19(24)22-12-14-3-1-2-4-18(14)29(25,26)23-7-9-27-10-8-23/h1-6,11H,7-10,12-13H2,(H,22,24). The van der Waals surface area contributed by atoms with Crippen LogP contribution in [0.25, 0.3) is 0 Å². The van der Waals surface area contributed by atoms with E-state index in [2.05, 4.69) is 5.32 Å². The topological polar surface area (TPSA) is 75.7 Å². The van der Waals surface area contributed by atoms with E-state index in [4.69, 9.17) is 4.74 Å². The summed E-state index contributed by atoms with van der Waals surface area (Å²) in [6.07, 6.45) is 0. The smallest absolute Gasteiger partial charge is 0.243 e. The third kappa shape index (κ3) is 5.53. The predicted molar refractivity (Wildman–Crippen MR) is 105 cm³/mol. The lowest BCUT2D eigenvalue weighted by molar-refractivity contribution is -0.118. The highest BCUT2D eigenvalue weighted by Gasteiger charge is 2.28. The fourth-order valence-electron chi connectivity index (χ4n) is 2.79. The van der Waals surface area contributed by atoms with E-state index in [1.165, 1.54) is 16.4 Å². The Morgan fingerprint density at radius 2 is 1.83 bits per heavy atom. The molecule has 1 fully saturated rings. The quantitative estimate of drug-likeness (QED) is 0.667. The summed E-state index contributed by atoms with van der Waals surface area (Å²) >= 11 is 1.06. The highest BCUT2D eigenvalue weighted by molar-refractivity contribution is 8.00. The minimum absolute atomic E-state index is 0.0105. The molecule has 29 heavy (non-hydrogen) atoms. The second-order valence-electron chi connectivity index (χ2n) is 6.27. The van der Waals surface area contributed by atoms with Gasteiger partial charge in [-0.15, -0.1) is 11.8 Å². The Hall–Kier alpha value is -2.01. The van der Waals surface area contributed by atoms with Gasteiger partial charge in [-0.25, -0.2) is 17.2 Å². The van der Waals surface area contributed by atoms with Crippen molar-refractivity contribution in [3.05, 3.63) is 59.7 Å². The molecule has 6 nitrogen and oxygen atoms in total. The van der Waals surface area contributed by atoms with E-state index in [1.807, 2.05) is 0 Å². The molecular weight excluding hydrogens is 422 g/mol. The Morgan fingerprint density at radius 3 is 2.55 bits per heavy atom. The number of amides is 1. The van der Waals surface area contributed by atoms with Crippen molar-refractivity contribution in [1.29, 1.82) is 0 Å². The maximum absolute atomic E-state index is 13.2. The average molecular weight is 443 g/mol. The van der Waals surface area contributed by atoms with Gasteiger partial charge in [0.05, 0.1) is 23.9 Å². The minimum atomic E-state index is -3.69. The van der Waals surface area contributed by atoms with Crippen molar-refractivity contribution in [2.75, 3.05) is 32.1 Å². The van der Waals surface area contributed by atoms with Crippen LogP contribution in [0, 0.1) is 11.6 Å². The van der Waals surface area contributed by atoms with E-state index in [1.54, 1.807) is 18.2 Å². The summed E-state index contributed by atoms with van der Waals surface area (Å²) in [5.41, 5.74) is 0.477. The first-order valence-electron chi connectivity index (χ1n) is 8.88. The molecule has 1 amide bonds. The fraction of sp³-hybridized carbons (Fsp3) is 0.316. The van der Waals surface area contributed by atoms with Gasteiger partial charge in [0.25, 0.3) is 0 Å². The van der Waals surface area contributed by atoms with Crippen molar-refractivity contribution in [2.24, 2.45) is 0 Å². The molecule has 2 aromatic rings. The molecule has 0 radical (unpaired) electrons. The minimum Gasteiger partial charge on any atom is -0.379 e. The molecule has 0 aliphatic carbocycles. The van der Waals surface area contributed by atoms with E-state index >= 15 is 0 Å². The van der Waals surface area contributed by atoms with Crippen LogP contribution < -0.4 is 5.32 Å². The van der Waals surface area contributed by atoms with E-state index < -0.39 is 21.7 Å². The van der Waals surface area contributed by atoms with E-state index in [0.29, 0.717) is 23.7 Å². The molecule has 0 spiro atoms. The van der Waals surface area contributed by atoms with Crippen molar-refractivity contribution in [3.8, 4) is 0 Å². The number of carbonyl (C=O) groups is 1. The molecule has 1 heterocycles. The van der Waals surface area contributed by atoms with Crippen LogP contribution in [0.1, 0.15) is 5.56 Å². The van der Waals surface area contributed by atoms with Crippen LogP contribution in [0.3, 0.4) is 0 Å². The first kappa shape index (κ1) is 21.7. The first-order chi connectivity index (χ1) is 13.9. The van der Waals surface area contributed by atoms with Gasteiger partial charge < -0.3 is 10.1 Å². The van der Waals surface area contributed by atoms with Gasteiger partial charge in [0.1, 0.15) is 0 Å². The van der Waals surface area contributed by atoms with Gasteiger partial charge in [-0.05, 0) is 29.8 Å². The van der Waals surface area contributed by atoms with Crippen molar-refractivity contribution < 1.29 is 26.7 Å². The number of ether oxygens (including phenoxy) is 1. The number of halogens is 2. The van der Waals surface area contributed by atoms with Gasteiger partial charge in [0.2, 0.25) is 15.9 Å². The van der Waals surface area contributed by atoms with Crippen molar-refractivity contribution in [3.63, 3.8) is 0 Å². The maximum Gasteiger partial charge on any atom is 0.243 e. The van der Waals surface area contributed by atoms with Gasteiger partial charge in [-0.3, -0.25) is 4.79 Å². The lowest BCUT2D eigenvalue weighted by atomic mass is 10.2. The molecule has 0 unspecified atom stereocenters. The van der Waals surface area contributed by atoms with Crippen LogP contribution in [-0.4, -0.2) is 50.7 Å². The summed E-state index contributed by atoms with van der Waals surface area (Å²) < 4.78 is 58.6. The Labute approximate surface area is 172 Å². The molecule has 1 aliphatic heterocycles. The zero-order valence-corrected chi connectivity index (χ0v) is 17.1. The van der Waals surface area contributed by atoms with Gasteiger partial charge in [-0.1, -0.05) is 18.2 Å². The van der Waals surface area contributed by atoms with Crippen molar-refractivity contribution >= 4 is 27.7 Å². The maximum atomic E-state index is 13.2. The Kier molecular flexibility index (Phi) is 7.23. The van der Waals surface area contributed by atoms with Crippen LogP contribution in [0.5, 0.6) is 0 Å². The number of benzene rings is 2. The average Bonchev–Trinajstić information content (AvgIpc) is 2.74. The van der Waals surface area contributed by atoms with Gasteiger partial charge in [0.15, 0.2) is 11.6 Å². The summed E-state index contributed by atoms with van der Waals surface area (Å²) in [6.45, 7) is 1.30. The largest absolute Gasteiger partial charge is 0.379 e. The van der Waals surface area contributed by atoms with Gasteiger partial charge >= 0.3 is 0 Å². The molecule has 1 N–H and O–H groups in total. The highest BCUT2D eigenvalue weighted by Crippen LogP contribution is 2.22. The molecule has 0 aromatic heterocycles. The molecule has 0 bridgehead atoms. The SMILES string of the molecule is O=C(CSc1ccc(F)c(F)c1)NCc1ccccc1S(=O)(=O)N1CCOCC1. The Balaban J connectivity index is 1.62. The zero-order valence-electron chi connectivity index (χ0n) is 15.4. The van der Waals surface area contributed by atoms with Crippen molar-refractivity contribution in [1.82, 2.24) is 9.62 Å². The molecule has 10 heteroatoms. The summed E-state index contributed by atoms with van der Waals surface area (Å²) in [6, 6.07) is 9.92. The molecular formula is C19H20F2N2O4S2. The molecule has 3 rings (SSSR count). The number of carbonyl (C=O) groups excluding carboxylic acids is 1. The number of sulfonamides is 1. The number of nitrogens with one attached hydrogen (secondary N) is 1. The summed E-state index contributed by atoms with van der Waals surface area (Å²) in [7, 11) is -3.69. The van der Waals surface area contributed by atoms with E-state index in [9.17, 15) is 22.0 Å². The molecule has 0 atom stereocenters. The Morgan fingerprint density at radius 1 is 1.10 bits per heavy atom. The van der Waals surface area contributed by atoms with Crippen LogP contribution in [0.2, 0.25) is 0 Å². The number of nitrogens with zero attached hydrogens (tertiary/aromatic N) is 1. The van der Waals surface area contributed by atoms with E-state index in [0.717, 1.165) is 23.9 Å². The third-order valence-corrected chi connectivity index (χ3v) is 7.29. The molecule has 0 saturated carbocycles. The highest BCUT2D eigenvalue weighted by atomic mass is 32.2. The molecule has 1 saturated heterocycles. The lowest BCUT2D eigenvalue weighted by Gasteiger charge is -2.27.